The molecule has 4 heterocycles. The molecule has 3 aromatic heterocycles. The monoisotopic (exact) mass is 503 g/mol. The van der Waals surface area contributed by atoms with Gasteiger partial charge in [-0.05, 0) is 44.0 Å². The Morgan fingerprint density at radius 1 is 1.19 bits per heavy atom. The lowest BCUT2D eigenvalue weighted by Crippen LogP contribution is -2.33. The minimum Gasteiger partial charge on any atom is -0.493 e. The molecule has 1 aliphatic heterocycles. The van der Waals surface area contributed by atoms with Crippen LogP contribution in [-0.4, -0.2) is 40.1 Å². The number of carbonyl (C=O) groups excluding carboxylic acids is 1. The van der Waals surface area contributed by atoms with Gasteiger partial charge in [-0.3, -0.25) is 9.78 Å². The second-order valence-electron chi connectivity index (χ2n) is 9.65. The summed E-state index contributed by atoms with van der Waals surface area (Å²) in [5.74, 6) is 1.01. The third-order valence-electron chi connectivity index (χ3n) is 6.88. The summed E-state index contributed by atoms with van der Waals surface area (Å²) in [5, 5.41) is 6.90. The molecule has 1 fully saturated rings. The number of methoxy groups -OCH3 is 1. The maximum Gasteiger partial charge on any atom is 0.255 e. The van der Waals surface area contributed by atoms with Gasteiger partial charge in [0.25, 0.3) is 5.91 Å². The highest BCUT2D eigenvalue weighted by Gasteiger charge is 2.40. The minimum atomic E-state index is -0.155. The fraction of sp³-hybridized carbons (Fsp3) is 0.296. The van der Waals surface area contributed by atoms with Crippen LogP contribution < -0.4 is 20.1 Å². The molecule has 184 valence electrons. The van der Waals surface area contributed by atoms with Gasteiger partial charge in [-0.2, -0.15) is 0 Å². The van der Waals surface area contributed by atoms with Gasteiger partial charge in [0.1, 0.15) is 11.1 Å². The standard InChI is InChI=1S/C27H26ClN5O3/c1-14-13-30-26(34)20-21(14)33-23(24(20)31-18-6-4-5-16(28)25(18)35-3)15-9-12-29-17-7-8-19(32-22(15)17)36-27(2)10-11-27/h4-9,12,14,31,33H,10-11,13H2,1-3H3,(H,30,34)/t14-/m1/s1. The molecular weight excluding hydrogens is 478 g/mol. The van der Waals surface area contributed by atoms with Crippen molar-refractivity contribution in [2.75, 3.05) is 19.0 Å². The van der Waals surface area contributed by atoms with Crippen LogP contribution in [0.2, 0.25) is 5.02 Å². The zero-order chi connectivity index (χ0) is 25.0. The zero-order valence-corrected chi connectivity index (χ0v) is 21.0. The largest absolute Gasteiger partial charge is 0.493 e. The van der Waals surface area contributed by atoms with Gasteiger partial charge < -0.3 is 25.1 Å². The number of hydrogen-bond donors (Lipinski definition) is 3. The predicted octanol–water partition coefficient (Wildman–Crippen LogP) is 5.81. The van der Waals surface area contributed by atoms with Crippen molar-refractivity contribution in [1.29, 1.82) is 0 Å². The topological polar surface area (TPSA) is 101 Å². The Morgan fingerprint density at radius 2 is 2.03 bits per heavy atom. The van der Waals surface area contributed by atoms with Gasteiger partial charge in [-0.25, -0.2) is 4.98 Å². The second-order valence-corrected chi connectivity index (χ2v) is 10.1. The molecule has 1 amide bonds. The highest BCUT2D eigenvalue weighted by molar-refractivity contribution is 6.32. The molecule has 1 aliphatic carbocycles. The summed E-state index contributed by atoms with van der Waals surface area (Å²) < 4.78 is 11.7. The van der Waals surface area contributed by atoms with E-state index in [0.29, 0.717) is 45.7 Å². The SMILES string of the molecule is COc1c(Cl)cccc1Nc1c(-c2ccnc3ccc(OC4(C)CC4)nc23)[nH]c2c1C(=O)NC[C@H]2C. The van der Waals surface area contributed by atoms with Crippen molar-refractivity contribution in [3.8, 4) is 22.9 Å². The molecule has 0 saturated heterocycles. The van der Waals surface area contributed by atoms with Crippen molar-refractivity contribution in [3.63, 3.8) is 0 Å². The van der Waals surface area contributed by atoms with Gasteiger partial charge in [-0.15, -0.1) is 0 Å². The van der Waals surface area contributed by atoms with E-state index < -0.39 is 0 Å². The smallest absolute Gasteiger partial charge is 0.255 e. The summed E-state index contributed by atoms with van der Waals surface area (Å²) in [6.07, 6.45) is 3.77. The fourth-order valence-electron chi connectivity index (χ4n) is 4.63. The van der Waals surface area contributed by atoms with Crippen molar-refractivity contribution >= 4 is 39.9 Å². The van der Waals surface area contributed by atoms with Gasteiger partial charge in [0.2, 0.25) is 5.88 Å². The lowest BCUT2D eigenvalue weighted by atomic mass is 9.98. The number of para-hydroxylation sites is 1. The van der Waals surface area contributed by atoms with Crippen molar-refractivity contribution in [2.24, 2.45) is 0 Å². The summed E-state index contributed by atoms with van der Waals surface area (Å²) in [6.45, 7) is 4.72. The molecular formula is C27H26ClN5O3. The van der Waals surface area contributed by atoms with Crippen molar-refractivity contribution < 1.29 is 14.3 Å². The number of aromatic amines is 1. The van der Waals surface area contributed by atoms with Crippen LogP contribution in [0.15, 0.2) is 42.6 Å². The summed E-state index contributed by atoms with van der Waals surface area (Å²) in [4.78, 5) is 26.0. The van der Waals surface area contributed by atoms with E-state index in [1.165, 1.54) is 0 Å². The van der Waals surface area contributed by atoms with Gasteiger partial charge >= 0.3 is 0 Å². The molecule has 1 atom stereocenters. The number of benzene rings is 1. The quantitative estimate of drug-likeness (QED) is 0.307. The van der Waals surface area contributed by atoms with E-state index in [4.69, 9.17) is 26.1 Å². The molecule has 1 saturated carbocycles. The van der Waals surface area contributed by atoms with Gasteiger partial charge in [0, 0.05) is 36.0 Å². The number of carbonyl (C=O) groups is 1. The first-order chi connectivity index (χ1) is 17.4. The Kier molecular flexibility index (Phi) is 5.30. The molecule has 8 nitrogen and oxygen atoms in total. The summed E-state index contributed by atoms with van der Waals surface area (Å²) >= 11 is 6.39. The Labute approximate surface area is 213 Å². The first kappa shape index (κ1) is 22.7. The molecule has 0 radical (unpaired) electrons. The van der Waals surface area contributed by atoms with E-state index in [1.54, 1.807) is 19.4 Å². The first-order valence-electron chi connectivity index (χ1n) is 12.0. The molecule has 0 bridgehead atoms. The number of nitrogens with one attached hydrogen (secondary N) is 3. The fourth-order valence-corrected chi connectivity index (χ4v) is 4.89. The highest BCUT2D eigenvalue weighted by atomic mass is 35.5. The van der Waals surface area contributed by atoms with E-state index in [9.17, 15) is 4.79 Å². The Hall–Kier alpha value is -3.78. The van der Waals surface area contributed by atoms with Gasteiger partial charge in [-0.1, -0.05) is 24.6 Å². The summed E-state index contributed by atoms with van der Waals surface area (Å²) in [6, 6.07) is 11.1. The van der Waals surface area contributed by atoms with Crippen LogP contribution in [0, 0.1) is 0 Å². The van der Waals surface area contributed by atoms with Crippen molar-refractivity contribution in [3.05, 3.63) is 58.9 Å². The lowest BCUT2D eigenvalue weighted by molar-refractivity contribution is 0.0942. The minimum absolute atomic E-state index is 0.100. The van der Waals surface area contributed by atoms with E-state index in [2.05, 4.69) is 34.4 Å². The number of hydrogen-bond acceptors (Lipinski definition) is 6. The molecule has 4 aromatic rings. The Morgan fingerprint density at radius 3 is 2.81 bits per heavy atom. The first-order valence-corrected chi connectivity index (χ1v) is 12.3. The zero-order valence-electron chi connectivity index (χ0n) is 20.2. The molecule has 3 N–H and O–H groups in total. The molecule has 1 aromatic carbocycles. The van der Waals surface area contributed by atoms with Crippen LogP contribution in [0.4, 0.5) is 11.4 Å². The molecule has 0 spiro atoms. The van der Waals surface area contributed by atoms with Crippen LogP contribution in [0.5, 0.6) is 11.6 Å². The molecule has 6 rings (SSSR count). The third kappa shape index (κ3) is 3.82. The molecule has 9 heteroatoms. The van der Waals surface area contributed by atoms with Gasteiger partial charge in [0.15, 0.2) is 5.75 Å². The molecule has 2 aliphatic rings. The average Bonchev–Trinajstić information content (AvgIpc) is 3.46. The average molecular weight is 504 g/mol. The molecule has 36 heavy (non-hydrogen) atoms. The highest BCUT2D eigenvalue weighted by Crippen LogP contribution is 2.44. The van der Waals surface area contributed by atoms with E-state index in [-0.39, 0.29) is 17.4 Å². The summed E-state index contributed by atoms with van der Waals surface area (Å²) in [5.41, 5.74) is 5.51. The normalized spacial score (nSPS) is 17.9. The van der Waals surface area contributed by atoms with Crippen molar-refractivity contribution in [2.45, 2.75) is 38.2 Å². The number of halogens is 1. The van der Waals surface area contributed by atoms with Crippen LogP contribution in [0.25, 0.3) is 22.3 Å². The van der Waals surface area contributed by atoms with Gasteiger partial charge in [0.05, 0.1) is 40.3 Å². The number of amides is 1. The predicted molar refractivity (Wildman–Crippen MR) is 140 cm³/mol. The number of ether oxygens (including phenoxy) is 2. The van der Waals surface area contributed by atoms with Crippen LogP contribution in [-0.2, 0) is 0 Å². The maximum atomic E-state index is 13.1. The number of nitrogens with zero attached hydrogens (tertiary/aromatic N) is 2. The lowest BCUT2D eigenvalue weighted by Gasteiger charge is -2.20. The van der Waals surface area contributed by atoms with Crippen LogP contribution >= 0.6 is 11.6 Å². The summed E-state index contributed by atoms with van der Waals surface area (Å²) in [7, 11) is 1.57. The second kappa shape index (κ2) is 8.41. The number of fused-ring (bicyclic) bond motifs is 2. The number of aromatic nitrogens is 3. The molecule has 0 unspecified atom stereocenters. The van der Waals surface area contributed by atoms with E-state index >= 15 is 0 Å². The Balaban J connectivity index is 1.56. The number of anilines is 2. The van der Waals surface area contributed by atoms with Crippen molar-refractivity contribution in [1.82, 2.24) is 20.3 Å². The van der Waals surface area contributed by atoms with Crippen LogP contribution in [0.1, 0.15) is 48.7 Å². The maximum absolute atomic E-state index is 13.1. The third-order valence-corrected chi connectivity index (χ3v) is 7.18. The number of rotatable bonds is 6. The Bertz CT molecular complexity index is 1510. The number of H-pyrrole nitrogens is 1. The van der Waals surface area contributed by atoms with Crippen LogP contribution in [0.3, 0.4) is 0 Å². The number of pyridine rings is 2. The van der Waals surface area contributed by atoms with E-state index in [0.717, 1.165) is 35.3 Å². The van der Waals surface area contributed by atoms with E-state index in [1.807, 2.05) is 30.3 Å².